The minimum atomic E-state index is -4.68. The van der Waals surface area contributed by atoms with E-state index >= 15 is 0 Å². The molecule has 0 bridgehead atoms. The Labute approximate surface area is 199 Å². The van der Waals surface area contributed by atoms with Crippen molar-refractivity contribution in [3.8, 4) is 16.8 Å². The van der Waals surface area contributed by atoms with Gasteiger partial charge in [0.15, 0.2) is 11.6 Å². The lowest BCUT2D eigenvalue weighted by Gasteiger charge is -2.11. The van der Waals surface area contributed by atoms with Gasteiger partial charge in [0.25, 0.3) is 0 Å². The predicted octanol–water partition coefficient (Wildman–Crippen LogP) is 4.19. The van der Waals surface area contributed by atoms with Crippen LogP contribution in [-0.4, -0.2) is 39.6 Å². The topological polar surface area (TPSA) is 113 Å². The number of benzene rings is 1. The molecule has 36 heavy (non-hydrogen) atoms. The number of aromatic nitrogens is 8. The first-order valence-corrected chi connectivity index (χ1v) is 10.6. The van der Waals surface area contributed by atoms with Crippen LogP contribution < -0.4 is 5.73 Å². The molecule has 4 heterocycles. The highest BCUT2D eigenvalue weighted by Crippen LogP contribution is 2.36. The fourth-order valence-corrected chi connectivity index (χ4v) is 3.97. The molecule has 0 radical (unpaired) electrons. The van der Waals surface area contributed by atoms with Gasteiger partial charge < -0.3 is 5.73 Å². The highest BCUT2D eigenvalue weighted by atomic mass is 19.4. The van der Waals surface area contributed by atoms with E-state index in [9.17, 15) is 22.0 Å². The van der Waals surface area contributed by atoms with Crippen LogP contribution in [0, 0.1) is 11.6 Å². The smallest absolute Gasteiger partial charge is 0.382 e. The van der Waals surface area contributed by atoms with Gasteiger partial charge in [-0.05, 0) is 24.6 Å². The van der Waals surface area contributed by atoms with Gasteiger partial charge in [-0.25, -0.2) is 32.9 Å². The van der Waals surface area contributed by atoms with E-state index in [1.54, 1.807) is 6.07 Å². The van der Waals surface area contributed by atoms with Crippen LogP contribution in [0.15, 0.2) is 49.2 Å². The van der Waals surface area contributed by atoms with Crippen molar-refractivity contribution < 1.29 is 22.0 Å². The van der Waals surface area contributed by atoms with Crippen LogP contribution >= 0.6 is 0 Å². The fourth-order valence-electron chi connectivity index (χ4n) is 3.97. The van der Waals surface area contributed by atoms with Gasteiger partial charge in [-0.15, -0.1) is 5.10 Å². The molecule has 1 atom stereocenters. The third kappa shape index (κ3) is 3.99. The second kappa shape index (κ2) is 8.62. The number of nitrogen functional groups attached to an aromatic ring is 1. The van der Waals surface area contributed by atoms with E-state index in [1.807, 2.05) is 6.92 Å². The van der Waals surface area contributed by atoms with Gasteiger partial charge in [-0.2, -0.15) is 18.3 Å². The first-order chi connectivity index (χ1) is 17.2. The van der Waals surface area contributed by atoms with Crippen molar-refractivity contribution in [1.29, 1.82) is 0 Å². The summed E-state index contributed by atoms with van der Waals surface area (Å²) in [7, 11) is 0. The van der Waals surface area contributed by atoms with Gasteiger partial charge in [-0.1, -0.05) is 12.1 Å². The summed E-state index contributed by atoms with van der Waals surface area (Å²) in [4.78, 5) is 10.9. The van der Waals surface area contributed by atoms with E-state index in [1.165, 1.54) is 27.8 Å². The van der Waals surface area contributed by atoms with E-state index in [2.05, 4.69) is 30.4 Å². The number of fused-ring (bicyclic) bond motifs is 1. The Bertz CT molecular complexity index is 1560. The van der Waals surface area contributed by atoms with Crippen molar-refractivity contribution in [3.63, 3.8) is 0 Å². The van der Waals surface area contributed by atoms with Crippen molar-refractivity contribution in [3.05, 3.63) is 78.0 Å². The van der Waals surface area contributed by atoms with Gasteiger partial charge in [-0.3, -0.25) is 0 Å². The molecular weight excluding hydrogens is 485 g/mol. The molecule has 5 rings (SSSR count). The average molecular weight is 501 g/mol. The Kier molecular flexibility index (Phi) is 5.57. The molecule has 0 amide bonds. The molecule has 1 aromatic carbocycles. The molecule has 0 aliphatic heterocycles. The highest BCUT2D eigenvalue weighted by Gasteiger charge is 2.34. The molecule has 9 nitrogen and oxygen atoms in total. The van der Waals surface area contributed by atoms with E-state index in [-0.39, 0.29) is 17.1 Å². The number of hydrogen-bond donors (Lipinski definition) is 1. The van der Waals surface area contributed by atoms with Crippen molar-refractivity contribution in [2.45, 2.75) is 25.4 Å². The quantitative estimate of drug-likeness (QED) is 0.360. The summed E-state index contributed by atoms with van der Waals surface area (Å²) in [6.07, 6.45) is 0.679. The molecule has 0 aliphatic rings. The normalized spacial score (nSPS) is 12.8. The van der Waals surface area contributed by atoms with Crippen LogP contribution in [0.2, 0.25) is 0 Å². The third-order valence-corrected chi connectivity index (χ3v) is 5.62. The fraction of sp³-hybridized carbons (Fsp3) is 0.182. The van der Waals surface area contributed by atoms with Crippen LogP contribution in [0.25, 0.3) is 22.3 Å². The summed E-state index contributed by atoms with van der Waals surface area (Å²) < 4.78 is 69.0. The lowest BCUT2D eigenvalue weighted by atomic mass is 9.98. The van der Waals surface area contributed by atoms with Gasteiger partial charge in [0.2, 0.25) is 5.82 Å². The number of anilines is 1. The lowest BCUT2D eigenvalue weighted by Crippen LogP contribution is -2.10. The van der Waals surface area contributed by atoms with Crippen LogP contribution in [0.1, 0.15) is 36.5 Å². The second-order valence-electron chi connectivity index (χ2n) is 7.83. The Morgan fingerprint density at radius 2 is 1.81 bits per heavy atom. The van der Waals surface area contributed by atoms with Crippen LogP contribution in [0.3, 0.4) is 0 Å². The SMILES string of the molecule is CC[C@H](c1cn(-c2ccc(F)cc2F)nn1)c1cc(-c2cnc(C(F)(F)F)nc2)c2c(N)ncnn12. The number of nitrogens with two attached hydrogens (primary N) is 1. The standard InChI is InChI=1S/C22H16F5N9/c1-2-13(16-9-35(34-33-16)17-4-3-12(23)5-15(17)24)18-6-14(19-20(28)31-10-32-36(18)19)11-7-29-21(30-8-11)22(25,26)27/h3-10,13H,2H2,1H3,(H2,28,31,32)/t13-/m1/s1. The molecule has 184 valence electrons. The second-order valence-corrected chi connectivity index (χ2v) is 7.83. The largest absolute Gasteiger partial charge is 0.451 e. The zero-order chi connectivity index (χ0) is 25.6. The first kappa shape index (κ1) is 23.3. The molecule has 0 saturated heterocycles. The summed E-state index contributed by atoms with van der Waals surface area (Å²) in [5.41, 5.74) is 8.20. The van der Waals surface area contributed by atoms with Gasteiger partial charge in [0.1, 0.15) is 23.3 Å². The molecule has 0 aliphatic carbocycles. The molecule has 2 N–H and O–H groups in total. The zero-order valence-electron chi connectivity index (χ0n) is 18.4. The van der Waals surface area contributed by atoms with Crippen LogP contribution in [0.5, 0.6) is 0 Å². The van der Waals surface area contributed by atoms with Crippen molar-refractivity contribution in [2.75, 3.05) is 5.73 Å². The Morgan fingerprint density at radius 3 is 2.47 bits per heavy atom. The molecule has 0 spiro atoms. The summed E-state index contributed by atoms with van der Waals surface area (Å²) in [5, 5.41) is 12.4. The maximum Gasteiger partial charge on any atom is 0.451 e. The monoisotopic (exact) mass is 501 g/mol. The molecule has 14 heteroatoms. The molecule has 0 unspecified atom stereocenters. The number of hydrogen-bond acceptors (Lipinski definition) is 7. The van der Waals surface area contributed by atoms with Crippen molar-refractivity contribution in [1.82, 2.24) is 39.6 Å². The maximum absolute atomic E-state index is 14.3. The maximum atomic E-state index is 14.3. The molecule has 0 fully saturated rings. The minimum absolute atomic E-state index is 0.0131. The Balaban J connectivity index is 1.61. The van der Waals surface area contributed by atoms with Crippen LogP contribution in [0.4, 0.5) is 27.8 Å². The van der Waals surface area contributed by atoms with Gasteiger partial charge in [0.05, 0.1) is 17.6 Å². The molecule has 5 aromatic rings. The third-order valence-electron chi connectivity index (χ3n) is 5.62. The van der Waals surface area contributed by atoms with Crippen LogP contribution in [-0.2, 0) is 6.18 Å². The van der Waals surface area contributed by atoms with E-state index in [0.29, 0.717) is 28.9 Å². The summed E-state index contributed by atoms with van der Waals surface area (Å²) >= 11 is 0. The van der Waals surface area contributed by atoms with E-state index < -0.39 is 29.6 Å². The number of halogens is 5. The van der Waals surface area contributed by atoms with Gasteiger partial charge >= 0.3 is 6.18 Å². The van der Waals surface area contributed by atoms with Gasteiger partial charge in [0, 0.05) is 35.5 Å². The summed E-state index contributed by atoms with van der Waals surface area (Å²) in [5.74, 6) is -3.13. The van der Waals surface area contributed by atoms with E-state index in [0.717, 1.165) is 24.5 Å². The molecule has 4 aromatic heterocycles. The first-order valence-electron chi connectivity index (χ1n) is 10.6. The number of alkyl halides is 3. The minimum Gasteiger partial charge on any atom is -0.382 e. The number of nitrogens with zero attached hydrogens (tertiary/aromatic N) is 8. The van der Waals surface area contributed by atoms with Crippen molar-refractivity contribution >= 4 is 11.3 Å². The average Bonchev–Trinajstić information content (AvgIpc) is 3.46. The highest BCUT2D eigenvalue weighted by molar-refractivity contribution is 5.88. The van der Waals surface area contributed by atoms with Crippen molar-refractivity contribution in [2.24, 2.45) is 0 Å². The predicted molar refractivity (Wildman–Crippen MR) is 117 cm³/mol. The Hall–Kier alpha value is -4.49. The van der Waals surface area contributed by atoms with E-state index in [4.69, 9.17) is 5.73 Å². The lowest BCUT2D eigenvalue weighted by molar-refractivity contribution is -0.144. The number of rotatable bonds is 5. The summed E-state index contributed by atoms with van der Waals surface area (Å²) in [6.45, 7) is 1.88. The summed E-state index contributed by atoms with van der Waals surface area (Å²) in [6, 6.07) is 4.79. The molecule has 0 saturated carbocycles. The molecular formula is C22H16F5N9. The Morgan fingerprint density at radius 1 is 1.06 bits per heavy atom. The zero-order valence-corrected chi connectivity index (χ0v) is 18.4.